The third-order valence-corrected chi connectivity index (χ3v) is 6.42. The zero-order valence-electron chi connectivity index (χ0n) is 21.6. The summed E-state index contributed by atoms with van der Waals surface area (Å²) in [7, 11) is 0. The minimum atomic E-state index is -0.409. The van der Waals surface area contributed by atoms with Gasteiger partial charge in [-0.3, -0.25) is 4.90 Å². The van der Waals surface area contributed by atoms with Crippen LogP contribution in [0, 0.1) is 13.8 Å². The average molecular weight is 491 g/mol. The number of urea groups is 1. The number of aromatic nitrogens is 2. The highest BCUT2D eigenvalue weighted by Crippen LogP contribution is 2.38. The summed E-state index contributed by atoms with van der Waals surface area (Å²) < 4.78 is 16.8. The lowest BCUT2D eigenvalue weighted by molar-refractivity contribution is 0.136. The number of amides is 2. The summed E-state index contributed by atoms with van der Waals surface area (Å²) in [5.74, 6) is 1.65. The third-order valence-electron chi connectivity index (χ3n) is 6.42. The van der Waals surface area contributed by atoms with Crippen LogP contribution >= 0.6 is 0 Å². The first-order valence-electron chi connectivity index (χ1n) is 12.4. The molecule has 4 rings (SSSR count). The Bertz CT molecular complexity index is 1230. The fraction of sp³-hybridized carbons (Fsp3) is 0.393. The molecule has 0 saturated carbocycles. The van der Waals surface area contributed by atoms with E-state index in [2.05, 4.69) is 36.5 Å². The Balaban J connectivity index is 1.72. The molecule has 1 aliphatic heterocycles. The fourth-order valence-corrected chi connectivity index (χ4v) is 4.31. The van der Waals surface area contributed by atoms with Crippen LogP contribution < -0.4 is 10.1 Å². The highest BCUT2D eigenvalue weighted by Gasteiger charge is 2.35. The molecule has 1 atom stereocenters. The molecule has 0 fully saturated rings. The quantitative estimate of drug-likeness (QED) is 0.368. The second kappa shape index (κ2) is 11.4. The summed E-state index contributed by atoms with van der Waals surface area (Å²) in [5.41, 5.74) is 5.72. The first kappa shape index (κ1) is 25.4. The molecule has 190 valence electrons. The number of hydrogen-bond donors (Lipinski definition) is 1. The molecule has 1 aromatic heterocycles. The first-order chi connectivity index (χ1) is 17.4. The number of aryl methyl sites for hydroxylation is 2. The average Bonchev–Trinajstić information content (AvgIpc) is 3.35. The van der Waals surface area contributed by atoms with Crippen LogP contribution in [0.5, 0.6) is 5.75 Å². The van der Waals surface area contributed by atoms with Crippen molar-refractivity contribution in [1.29, 1.82) is 0 Å². The second-order valence-corrected chi connectivity index (χ2v) is 8.81. The number of benzene rings is 2. The Morgan fingerprint density at radius 2 is 1.81 bits per heavy atom. The summed E-state index contributed by atoms with van der Waals surface area (Å²) >= 11 is 0. The number of nitrogens with one attached hydrogen (secondary N) is 1. The van der Waals surface area contributed by atoms with Gasteiger partial charge in [-0.2, -0.15) is 4.98 Å². The molecule has 0 spiro atoms. The zero-order chi connectivity index (χ0) is 25.7. The van der Waals surface area contributed by atoms with Gasteiger partial charge < -0.3 is 19.3 Å². The molecule has 0 radical (unpaired) electrons. The molecule has 0 saturated heterocycles. The monoisotopic (exact) mass is 490 g/mol. The highest BCUT2D eigenvalue weighted by atomic mass is 16.5. The van der Waals surface area contributed by atoms with Crippen LogP contribution in [0.15, 0.2) is 52.7 Å². The summed E-state index contributed by atoms with van der Waals surface area (Å²) in [4.78, 5) is 19.6. The van der Waals surface area contributed by atoms with Crippen molar-refractivity contribution in [3.05, 3.63) is 70.7 Å². The van der Waals surface area contributed by atoms with Crippen molar-refractivity contribution >= 4 is 11.6 Å². The van der Waals surface area contributed by atoms with Crippen molar-refractivity contribution in [2.75, 3.05) is 26.4 Å². The number of ether oxygens (including phenoxy) is 2. The van der Waals surface area contributed by atoms with E-state index in [0.29, 0.717) is 38.1 Å². The van der Waals surface area contributed by atoms with E-state index in [9.17, 15) is 4.79 Å². The molecule has 1 unspecified atom stereocenters. The van der Waals surface area contributed by atoms with Crippen LogP contribution in [0.4, 0.5) is 4.79 Å². The molecule has 0 aliphatic carbocycles. The molecule has 8 heteroatoms. The van der Waals surface area contributed by atoms with E-state index in [4.69, 9.17) is 19.0 Å². The van der Waals surface area contributed by atoms with E-state index >= 15 is 0 Å². The first-order valence-corrected chi connectivity index (χ1v) is 12.4. The summed E-state index contributed by atoms with van der Waals surface area (Å²) in [6.45, 7) is 12.4. The normalized spacial score (nSPS) is 15.9. The SMILES string of the molecule is CCOCCCN1C(=O)NC(c2ccc(C)c(C)c2)C(c2nc(-c3ccc(OCC)cc3)no2)=C1C. The van der Waals surface area contributed by atoms with Gasteiger partial charge in [-0.25, -0.2) is 4.79 Å². The maximum Gasteiger partial charge on any atom is 0.322 e. The summed E-state index contributed by atoms with van der Waals surface area (Å²) in [6.07, 6.45) is 0.724. The van der Waals surface area contributed by atoms with Crippen LogP contribution in [-0.2, 0) is 4.74 Å². The second-order valence-electron chi connectivity index (χ2n) is 8.81. The molecule has 1 aliphatic rings. The molecule has 2 amide bonds. The molecule has 2 aromatic carbocycles. The van der Waals surface area contributed by atoms with Crippen LogP contribution in [0.1, 0.15) is 55.8 Å². The Hall–Kier alpha value is -3.65. The lowest BCUT2D eigenvalue weighted by atomic mass is 9.92. The number of allylic oxidation sites excluding steroid dienone is 1. The maximum absolute atomic E-state index is 13.2. The van der Waals surface area contributed by atoms with E-state index in [1.165, 1.54) is 5.56 Å². The Morgan fingerprint density at radius 1 is 1.03 bits per heavy atom. The number of carbonyl (C=O) groups excluding carboxylic acids is 1. The van der Waals surface area contributed by atoms with Gasteiger partial charge in [0.05, 0.1) is 18.2 Å². The van der Waals surface area contributed by atoms with Gasteiger partial charge in [0.15, 0.2) is 0 Å². The van der Waals surface area contributed by atoms with E-state index in [-0.39, 0.29) is 6.03 Å². The van der Waals surface area contributed by atoms with Gasteiger partial charge in [-0.1, -0.05) is 23.4 Å². The van der Waals surface area contributed by atoms with Gasteiger partial charge in [-0.05, 0) is 82.0 Å². The minimum absolute atomic E-state index is 0.151. The van der Waals surface area contributed by atoms with Gasteiger partial charge in [0.1, 0.15) is 5.75 Å². The van der Waals surface area contributed by atoms with Crippen LogP contribution in [0.3, 0.4) is 0 Å². The van der Waals surface area contributed by atoms with Crippen LogP contribution in [0.25, 0.3) is 17.0 Å². The molecule has 1 N–H and O–H groups in total. The molecule has 0 bridgehead atoms. The number of carbonyl (C=O) groups is 1. The largest absolute Gasteiger partial charge is 0.494 e. The molecular formula is C28H34N4O4. The summed E-state index contributed by atoms with van der Waals surface area (Å²) in [5, 5.41) is 7.41. The van der Waals surface area contributed by atoms with Gasteiger partial charge in [0.2, 0.25) is 5.82 Å². The predicted molar refractivity (Wildman–Crippen MR) is 139 cm³/mol. The van der Waals surface area contributed by atoms with Crippen molar-refractivity contribution in [1.82, 2.24) is 20.4 Å². The Kier molecular flexibility index (Phi) is 8.05. The topological polar surface area (TPSA) is 89.7 Å². The van der Waals surface area contributed by atoms with Crippen molar-refractivity contribution in [2.24, 2.45) is 0 Å². The van der Waals surface area contributed by atoms with Crippen LogP contribution in [-0.4, -0.2) is 47.4 Å². The smallest absolute Gasteiger partial charge is 0.322 e. The van der Waals surface area contributed by atoms with E-state index in [1.807, 2.05) is 51.1 Å². The van der Waals surface area contributed by atoms with Gasteiger partial charge >= 0.3 is 6.03 Å². The fourth-order valence-electron chi connectivity index (χ4n) is 4.31. The number of nitrogens with zero attached hydrogens (tertiary/aromatic N) is 3. The van der Waals surface area contributed by atoms with Gasteiger partial charge in [-0.15, -0.1) is 0 Å². The van der Waals surface area contributed by atoms with E-state index < -0.39 is 6.04 Å². The minimum Gasteiger partial charge on any atom is -0.494 e. The predicted octanol–water partition coefficient (Wildman–Crippen LogP) is 5.68. The van der Waals surface area contributed by atoms with Crippen molar-refractivity contribution in [3.8, 4) is 17.1 Å². The van der Waals surface area contributed by atoms with Crippen molar-refractivity contribution in [3.63, 3.8) is 0 Å². The lowest BCUT2D eigenvalue weighted by Gasteiger charge is -2.35. The Labute approximate surface area is 212 Å². The van der Waals surface area contributed by atoms with Crippen LogP contribution in [0.2, 0.25) is 0 Å². The number of hydrogen-bond acceptors (Lipinski definition) is 6. The lowest BCUT2D eigenvalue weighted by Crippen LogP contribution is -2.46. The van der Waals surface area contributed by atoms with Crippen molar-refractivity contribution in [2.45, 2.75) is 47.1 Å². The molecule has 36 heavy (non-hydrogen) atoms. The highest BCUT2D eigenvalue weighted by molar-refractivity contribution is 5.87. The van der Waals surface area contributed by atoms with Gasteiger partial charge in [0, 0.05) is 31.0 Å². The molecule has 8 nitrogen and oxygen atoms in total. The van der Waals surface area contributed by atoms with Crippen molar-refractivity contribution < 1.29 is 18.8 Å². The maximum atomic E-state index is 13.2. The zero-order valence-corrected chi connectivity index (χ0v) is 21.6. The third kappa shape index (κ3) is 5.44. The standard InChI is InChI=1S/C28H34N4O4/c1-6-34-16-8-15-32-20(5)24(25(29-28(32)33)22-10-9-18(3)19(4)17-22)27-30-26(31-36-27)21-11-13-23(14-12-21)35-7-2/h9-14,17,25H,6-8,15-16H2,1-5H3,(H,29,33). The molecular weight excluding hydrogens is 456 g/mol. The van der Waals surface area contributed by atoms with Gasteiger partial charge in [0.25, 0.3) is 5.89 Å². The van der Waals surface area contributed by atoms with E-state index in [1.54, 1.807) is 4.90 Å². The molecule has 2 heterocycles. The summed E-state index contributed by atoms with van der Waals surface area (Å²) in [6, 6.07) is 13.2. The number of rotatable bonds is 10. The van der Waals surface area contributed by atoms with E-state index in [0.717, 1.165) is 40.1 Å². The Morgan fingerprint density at radius 3 is 2.50 bits per heavy atom. The molecule has 3 aromatic rings.